The lowest BCUT2D eigenvalue weighted by Crippen LogP contribution is -2.36. The van der Waals surface area contributed by atoms with E-state index in [2.05, 4.69) is 0 Å². The molecule has 2 atom stereocenters. The number of Topliss-reactive ketones (excluding diaryl/α,β-unsaturated/α-hetero) is 1. The molecule has 0 radical (unpaired) electrons. The largest absolute Gasteiger partial charge is 0.297 e. The Morgan fingerprint density at radius 2 is 1.92 bits per heavy atom. The van der Waals surface area contributed by atoms with Gasteiger partial charge in [-0.1, -0.05) is 0 Å². The van der Waals surface area contributed by atoms with Gasteiger partial charge in [0.25, 0.3) is 0 Å². The predicted octanol–water partition coefficient (Wildman–Crippen LogP) is 2.12. The van der Waals surface area contributed by atoms with E-state index in [0.29, 0.717) is 12.8 Å². The van der Waals surface area contributed by atoms with Gasteiger partial charge in [-0.2, -0.15) is 0 Å². The molecule has 0 unspecified atom stereocenters. The molecule has 1 aliphatic rings. The lowest BCUT2D eigenvalue weighted by atomic mass is 9.88. The molecule has 0 aromatic rings. The van der Waals surface area contributed by atoms with Gasteiger partial charge >= 0.3 is 0 Å². The van der Waals surface area contributed by atoms with Gasteiger partial charge in [0, 0.05) is 0 Å². The van der Waals surface area contributed by atoms with Gasteiger partial charge < -0.3 is 0 Å². The maximum Gasteiger partial charge on any atom is 0.235 e. The van der Waals surface area contributed by atoms with Crippen molar-refractivity contribution in [3.63, 3.8) is 0 Å². The van der Waals surface area contributed by atoms with Gasteiger partial charge in [-0.25, -0.2) is 0 Å². The molecule has 0 heterocycles. The molecule has 1 saturated carbocycles. The molecule has 4 heteroatoms. The summed E-state index contributed by atoms with van der Waals surface area (Å²) in [5, 5.41) is -0.600. The zero-order valence-corrected chi connectivity index (χ0v) is 8.50. The van der Waals surface area contributed by atoms with E-state index in [9.17, 15) is 9.59 Å². The van der Waals surface area contributed by atoms with Gasteiger partial charge in [0.05, 0.1) is 0 Å². The summed E-state index contributed by atoms with van der Waals surface area (Å²) in [6.07, 6.45) is 0.969. The quantitative estimate of drug-likeness (QED) is 0.376. The SMILES string of the molecule is C[C@@]1(C(=O)Cl)CC[C@](C)(Cl)C1=O. The van der Waals surface area contributed by atoms with Crippen molar-refractivity contribution in [2.45, 2.75) is 31.6 Å². The average molecular weight is 209 g/mol. The van der Waals surface area contributed by atoms with Crippen molar-refractivity contribution < 1.29 is 9.59 Å². The summed E-state index contributed by atoms with van der Waals surface area (Å²) in [6.45, 7) is 3.18. The van der Waals surface area contributed by atoms with Crippen LogP contribution in [-0.4, -0.2) is 15.9 Å². The second kappa shape index (κ2) is 2.71. The normalized spacial score (nSPS) is 41.8. The number of carbonyl (C=O) groups is 2. The zero-order valence-electron chi connectivity index (χ0n) is 6.99. The standard InChI is InChI=1S/C8H10Cl2O2/c1-7(6(9)12)3-4-8(2,10)5(7)11/h3-4H2,1-2H3/t7-,8+/m1/s1. The summed E-state index contributed by atoms with van der Waals surface area (Å²) >= 11 is 11.2. The summed E-state index contributed by atoms with van der Waals surface area (Å²) in [5.41, 5.74) is -1.06. The highest BCUT2D eigenvalue weighted by Gasteiger charge is 2.54. The molecular weight excluding hydrogens is 199 g/mol. The summed E-state index contributed by atoms with van der Waals surface area (Å²) in [7, 11) is 0. The van der Waals surface area contributed by atoms with Crippen LogP contribution in [0.2, 0.25) is 0 Å². The maximum atomic E-state index is 11.6. The van der Waals surface area contributed by atoms with Crippen molar-refractivity contribution in [1.29, 1.82) is 0 Å². The Bertz CT molecular complexity index is 247. The Balaban J connectivity index is 3.01. The van der Waals surface area contributed by atoms with Crippen LogP contribution in [0.3, 0.4) is 0 Å². The number of alkyl halides is 1. The van der Waals surface area contributed by atoms with E-state index in [1.54, 1.807) is 13.8 Å². The van der Waals surface area contributed by atoms with Crippen molar-refractivity contribution in [3.05, 3.63) is 0 Å². The molecule has 0 aromatic carbocycles. The molecule has 12 heavy (non-hydrogen) atoms. The molecule has 0 spiro atoms. The van der Waals surface area contributed by atoms with Crippen LogP contribution in [0, 0.1) is 5.41 Å². The van der Waals surface area contributed by atoms with Crippen molar-refractivity contribution >= 4 is 34.2 Å². The van der Waals surface area contributed by atoms with Gasteiger partial charge in [-0.15, -0.1) is 11.6 Å². The van der Waals surface area contributed by atoms with Gasteiger partial charge in [0.15, 0.2) is 5.78 Å². The minimum Gasteiger partial charge on any atom is -0.297 e. The summed E-state index contributed by atoms with van der Waals surface area (Å²) in [5.74, 6) is -0.253. The Labute approximate surface area is 81.2 Å². The Morgan fingerprint density at radius 1 is 1.42 bits per heavy atom. The van der Waals surface area contributed by atoms with E-state index in [4.69, 9.17) is 23.2 Å². The van der Waals surface area contributed by atoms with Gasteiger partial charge in [0.1, 0.15) is 10.3 Å². The van der Waals surface area contributed by atoms with Crippen LogP contribution in [0.25, 0.3) is 0 Å². The van der Waals surface area contributed by atoms with Crippen LogP contribution < -0.4 is 0 Å². The van der Waals surface area contributed by atoms with Gasteiger partial charge in [-0.05, 0) is 38.3 Å². The van der Waals surface area contributed by atoms with Gasteiger partial charge in [-0.3, -0.25) is 9.59 Å². The smallest absolute Gasteiger partial charge is 0.235 e. The van der Waals surface area contributed by atoms with E-state index in [1.165, 1.54) is 0 Å². The molecule has 0 amide bonds. The lowest BCUT2D eigenvalue weighted by Gasteiger charge is -2.18. The Hall–Kier alpha value is -0.0800. The van der Waals surface area contributed by atoms with Crippen LogP contribution >= 0.6 is 23.2 Å². The first kappa shape index (κ1) is 10.0. The third-order valence-corrected chi connectivity index (χ3v) is 3.28. The van der Waals surface area contributed by atoms with Crippen LogP contribution in [0.5, 0.6) is 0 Å². The fourth-order valence-electron chi connectivity index (χ4n) is 1.47. The first-order valence-electron chi connectivity index (χ1n) is 3.74. The molecule has 1 fully saturated rings. The Kier molecular flexibility index (Phi) is 2.26. The second-order valence-corrected chi connectivity index (χ2v) is 4.81. The fraction of sp³-hybridized carbons (Fsp3) is 0.750. The Morgan fingerprint density at radius 3 is 2.08 bits per heavy atom. The molecule has 68 valence electrons. The summed E-state index contributed by atoms with van der Waals surface area (Å²) < 4.78 is 0. The molecule has 0 bridgehead atoms. The second-order valence-electron chi connectivity index (χ2n) is 3.63. The highest BCUT2D eigenvalue weighted by molar-refractivity contribution is 6.67. The van der Waals surface area contributed by atoms with Crippen LogP contribution in [0.1, 0.15) is 26.7 Å². The van der Waals surface area contributed by atoms with E-state index < -0.39 is 15.5 Å². The van der Waals surface area contributed by atoms with Crippen molar-refractivity contribution in [2.24, 2.45) is 5.41 Å². The molecule has 0 N–H and O–H groups in total. The number of rotatable bonds is 1. The fourth-order valence-corrected chi connectivity index (χ4v) is 1.96. The monoisotopic (exact) mass is 208 g/mol. The minimum atomic E-state index is -1.06. The molecule has 0 aromatic heterocycles. The number of hydrogen-bond donors (Lipinski definition) is 0. The van der Waals surface area contributed by atoms with Crippen molar-refractivity contribution in [2.75, 3.05) is 0 Å². The van der Waals surface area contributed by atoms with Gasteiger partial charge in [0.2, 0.25) is 5.24 Å². The zero-order chi connectivity index (χ0) is 9.57. The maximum absolute atomic E-state index is 11.6. The highest BCUT2D eigenvalue weighted by atomic mass is 35.5. The molecule has 1 rings (SSSR count). The molecular formula is C8H10Cl2O2. The van der Waals surface area contributed by atoms with Crippen LogP contribution in [-0.2, 0) is 9.59 Å². The van der Waals surface area contributed by atoms with Crippen LogP contribution in [0.4, 0.5) is 0 Å². The third kappa shape index (κ3) is 1.27. The topological polar surface area (TPSA) is 34.1 Å². The van der Waals surface area contributed by atoms with E-state index in [-0.39, 0.29) is 5.78 Å². The summed E-state index contributed by atoms with van der Waals surface area (Å²) in [6, 6.07) is 0. The highest BCUT2D eigenvalue weighted by Crippen LogP contribution is 2.45. The third-order valence-electron chi connectivity index (χ3n) is 2.50. The molecule has 1 aliphatic carbocycles. The van der Waals surface area contributed by atoms with E-state index in [1.807, 2.05) is 0 Å². The van der Waals surface area contributed by atoms with Crippen molar-refractivity contribution in [1.82, 2.24) is 0 Å². The number of hydrogen-bond acceptors (Lipinski definition) is 2. The number of carbonyl (C=O) groups excluding carboxylic acids is 2. The first-order valence-corrected chi connectivity index (χ1v) is 4.50. The minimum absolute atomic E-state index is 0.253. The molecule has 0 aliphatic heterocycles. The van der Waals surface area contributed by atoms with E-state index >= 15 is 0 Å². The molecule has 0 saturated heterocycles. The molecule has 2 nitrogen and oxygen atoms in total. The van der Waals surface area contributed by atoms with Crippen LogP contribution in [0.15, 0.2) is 0 Å². The predicted molar refractivity (Wildman–Crippen MR) is 47.5 cm³/mol. The van der Waals surface area contributed by atoms with E-state index in [0.717, 1.165) is 0 Å². The van der Waals surface area contributed by atoms with Crippen molar-refractivity contribution in [3.8, 4) is 0 Å². The number of halogens is 2. The summed E-state index contributed by atoms with van der Waals surface area (Å²) in [4.78, 5) is 21.6. The average Bonchev–Trinajstić information content (AvgIpc) is 2.15. The number of ketones is 1. The first-order chi connectivity index (χ1) is 5.31. The lowest BCUT2D eigenvalue weighted by molar-refractivity contribution is -0.134.